The van der Waals surface area contributed by atoms with Crippen LogP contribution in [-0.4, -0.2) is 4.98 Å². The molecule has 13 heavy (non-hydrogen) atoms. The van der Waals surface area contributed by atoms with Crippen molar-refractivity contribution in [1.29, 1.82) is 0 Å². The van der Waals surface area contributed by atoms with Crippen molar-refractivity contribution in [3.63, 3.8) is 0 Å². The largest absolute Gasteiger partial charge is 0.308 e. The standard InChI is InChI=1S/C9H8ClN3/c10-7-2-1-3-8-6(7)4-5-9(12-8)13-11/h1-5H,11H2,(H,12,13). The lowest BCUT2D eigenvalue weighted by Crippen LogP contribution is -2.08. The Morgan fingerprint density at radius 3 is 2.85 bits per heavy atom. The molecule has 1 aromatic heterocycles. The van der Waals surface area contributed by atoms with Crippen LogP contribution in [0.5, 0.6) is 0 Å². The Balaban J connectivity index is 2.72. The molecule has 0 aliphatic rings. The SMILES string of the molecule is NNc1ccc2c(Cl)cccc2n1. The quantitative estimate of drug-likeness (QED) is 0.539. The number of pyridine rings is 1. The maximum absolute atomic E-state index is 5.96. The predicted octanol–water partition coefficient (Wildman–Crippen LogP) is 2.17. The molecule has 3 N–H and O–H groups in total. The van der Waals surface area contributed by atoms with Gasteiger partial charge in [0, 0.05) is 10.4 Å². The van der Waals surface area contributed by atoms with Crippen LogP contribution in [-0.2, 0) is 0 Å². The van der Waals surface area contributed by atoms with E-state index in [0.29, 0.717) is 10.8 Å². The van der Waals surface area contributed by atoms with E-state index in [1.807, 2.05) is 24.3 Å². The topological polar surface area (TPSA) is 50.9 Å². The van der Waals surface area contributed by atoms with Crippen molar-refractivity contribution in [2.75, 3.05) is 5.43 Å². The van der Waals surface area contributed by atoms with Crippen molar-refractivity contribution >= 4 is 28.3 Å². The van der Waals surface area contributed by atoms with Crippen molar-refractivity contribution in [2.45, 2.75) is 0 Å². The fourth-order valence-corrected chi connectivity index (χ4v) is 1.43. The van der Waals surface area contributed by atoms with Crippen molar-refractivity contribution in [1.82, 2.24) is 4.98 Å². The molecule has 0 aliphatic heterocycles. The fourth-order valence-electron chi connectivity index (χ4n) is 1.20. The highest BCUT2D eigenvalue weighted by atomic mass is 35.5. The van der Waals surface area contributed by atoms with Crippen LogP contribution in [0.25, 0.3) is 10.9 Å². The molecule has 1 aromatic carbocycles. The van der Waals surface area contributed by atoms with Crippen LogP contribution in [0.15, 0.2) is 30.3 Å². The van der Waals surface area contributed by atoms with Gasteiger partial charge < -0.3 is 5.43 Å². The van der Waals surface area contributed by atoms with Crippen molar-refractivity contribution in [2.24, 2.45) is 5.84 Å². The third-order valence-electron chi connectivity index (χ3n) is 1.83. The van der Waals surface area contributed by atoms with Gasteiger partial charge in [-0.05, 0) is 24.3 Å². The van der Waals surface area contributed by atoms with Crippen LogP contribution in [0.2, 0.25) is 5.02 Å². The number of nitrogens with zero attached hydrogens (tertiary/aromatic N) is 1. The van der Waals surface area contributed by atoms with Crippen LogP contribution >= 0.6 is 11.6 Å². The van der Waals surface area contributed by atoms with Gasteiger partial charge in [-0.15, -0.1) is 0 Å². The third-order valence-corrected chi connectivity index (χ3v) is 2.16. The van der Waals surface area contributed by atoms with E-state index in [2.05, 4.69) is 10.4 Å². The molecule has 0 atom stereocenters. The zero-order valence-corrected chi connectivity index (χ0v) is 7.55. The number of benzene rings is 1. The summed E-state index contributed by atoms with van der Waals surface area (Å²) in [6, 6.07) is 9.26. The summed E-state index contributed by atoms with van der Waals surface area (Å²) in [4.78, 5) is 4.23. The number of hydrogen-bond donors (Lipinski definition) is 2. The van der Waals surface area contributed by atoms with Gasteiger partial charge in [0.05, 0.1) is 5.52 Å². The van der Waals surface area contributed by atoms with Gasteiger partial charge in [0.25, 0.3) is 0 Å². The lowest BCUT2D eigenvalue weighted by molar-refractivity contribution is 1.26. The molecule has 0 radical (unpaired) electrons. The Kier molecular flexibility index (Phi) is 2.04. The van der Waals surface area contributed by atoms with Crippen molar-refractivity contribution in [3.05, 3.63) is 35.4 Å². The summed E-state index contributed by atoms with van der Waals surface area (Å²) in [5.41, 5.74) is 3.32. The number of hydrogen-bond acceptors (Lipinski definition) is 3. The average molecular weight is 194 g/mol. The second kappa shape index (κ2) is 3.20. The zero-order chi connectivity index (χ0) is 9.26. The first-order valence-corrected chi connectivity index (χ1v) is 4.21. The molecule has 4 heteroatoms. The summed E-state index contributed by atoms with van der Waals surface area (Å²) in [5, 5.41) is 1.64. The molecule has 66 valence electrons. The summed E-state index contributed by atoms with van der Waals surface area (Å²) in [6.07, 6.45) is 0. The fraction of sp³-hybridized carbons (Fsp3) is 0. The number of rotatable bonds is 1. The first-order valence-electron chi connectivity index (χ1n) is 3.83. The molecule has 0 unspecified atom stereocenters. The number of nitrogens with two attached hydrogens (primary N) is 1. The van der Waals surface area contributed by atoms with E-state index in [1.54, 1.807) is 6.07 Å². The van der Waals surface area contributed by atoms with Crippen LogP contribution in [0, 0.1) is 0 Å². The normalized spacial score (nSPS) is 10.3. The van der Waals surface area contributed by atoms with Gasteiger partial charge in [0.1, 0.15) is 5.82 Å². The second-order valence-corrected chi connectivity index (χ2v) is 3.05. The van der Waals surface area contributed by atoms with E-state index in [0.717, 1.165) is 10.9 Å². The van der Waals surface area contributed by atoms with Gasteiger partial charge >= 0.3 is 0 Å². The zero-order valence-electron chi connectivity index (χ0n) is 6.79. The Bertz CT molecular complexity index is 442. The van der Waals surface area contributed by atoms with E-state index in [4.69, 9.17) is 17.4 Å². The van der Waals surface area contributed by atoms with Crippen LogP contribution < -0.4 is 11.3 Å². The van der Waals surface area contributed by atoms with E-state index >= 15 is 0 Å². The maximum Gasteiger partial charge on any atom is 0.140 e. The van der Waals surface area contributed by atoms with Crippen molar-refractivity contribution in [3.8, 4) is 0 Å². The molecule has 0 amide bonds. The highest BCUT2D eigenvalue weighted by Crippen LogP contribution is 2.22. The lowest BCUT2D eigenvalue weighted by Gasteiger charge is -2.02. The van der Waals surface area contributed by atoms with Gasteiger partial charge in [-0.25, -0.2) is 10.8 Å². The van der Waals surface area contributed by atoms with E-state index in [1.165, 1.54) is 0 Å². The van der Waals surface area contributed by atoms with Crippen molar-refractivity contribution < 1.29 is 0 Å². The molecule has 0 spiro atoms. The average Bonchev–Trinajstić information content (AvgIpc) is 2.18. The minimum Gasteiger partial charge on any atom is -0.308 e. The molecule has 0 aliphatic carbocycles. The molecule has 0 saturated carbocycles. The summed E-state index contributed by atoms with van der Waals surface area (Å²) < 4.78 is 0. The molecular formula is C9H8ClN3. The minimum absolute atomic E-state index is 0.634. The maximum atomic E-state index is 5.96. The van der Waals surface area contributed by atoms with Crippen LogP contribution in [0.3, 0.4) is 0 Å². The predicted molar refractivity (Wildman–Crippen MR) is 54.6 cm³/mol. The number of aromatic nitrogens is 1. The Hall–Kier alpha value is -1.32. The first kappa shape index (κ1) is 8.29. The number of fused-ring (bicyclic) bond motifs is 1. The number of anilines is 1. The summed E-state index contributed by atoms with van der Waals surface area (Å²) in [5.74, 6) is 5.87. The van der Waals surface area contributed by atoms with E-state index in [9.17, 15) is 0 Å². The Labute approximate surface area is 80.5 Å². The summed E-state index contributed by atoms with van der Waals surface area (Å²) in [7, 11) is 0. The van der Waals surface area contributed by atoms with Gasteiger partial charge in [-0.3, -0.25) is 0 Å². The first-order chi connectivity index (χ1) is 6.31. The minimum atomic E-state index is 0.634. The number of hydrazine groups is 1. The second-order valence-electron chi connectivity index (χ2n) is 2.65. The van der Waals surface area contributed by atoms with E-state index < -0.39 is 0 Å². The number of halogens is 1. The van der Waals surface area contributed by atoms with Gasteiger partial charge in [0.15, 0.2) is 0 Å². The summed E-state index contributed by atoms with van der Waals surface area (Å²) in [6.45, 7) is 0. The van der Waals surface area contributed by atoms with Gasteiger partial charge in [-0.2, -0.15) is 0 Å². The molecule has 3 nitrogen and oxygen atoms in total. The smallest absolute Gasteiger partial charge is 0.140 e. The number of nitrogens with one attached hydrogen (secondary N) is 1. The molecule has 1 heterocycles. The van der Waals surface area contributed by atoms with E-state index in [-0.39, 0.29) is 0 Å². The molecule has 0 bridgehead atoms. The Morgan fingerprint density at radius 1 is 1.23 bits per heavy atom. The monoisotopic (exact) mass is 193 g/mol. The van der Waals surface area contributed by atoms with Crippen LogP contribution in [0.1, 0.15) is 0 Å². The summed E-state index contributed by atoms with van der Waals surface area (Å²) >= 11 is 5.96. The number of nitrogen functional groups attached to an aromatic ring is 1. The molecule has 0 saturated heterocycles. The van der Waals surface area contributed by atoms with Gasteiger partial charge in [-0.1, -0.05) is 17.7 Å². The molecule has 2 rings (SSSR count). The highest BCUT2D eigenvalue weighted by Gasteiger charge is 1.99. The third kappa shape index (κ3) is 1.43. The molecular weight excluding hydrogens is 186 g/mol. The highest BCUT2D eigenvalue weighted by molar-refractivity contribution is 6.35. The molecule has 0 fully saturated rings. The van der Waals surface area contributed by atoms with Crippen LogP contribution in [0.4, 0.5) is 5.82 Å². The van der Waals surface area contributed by atoms with Gasteiger partial charge in [0.2, 0.25) is 0 Å². The molecule has 2 aromatic rings. The Morgan fingerprint density at radius 2 is 2.08 bits per heavy atom. The lowest BCUT2D eigenvalue weighted by atomic mass is 10.2.